The summed E-state index contributed by atoms with van der Waals surface area (Å²) in [5.41, 5.74) is 0.275. The molecule has 3 rings (SSSR count). The summed E-state index contributed by atoms with van der Waals surface area (Å²) in [5.74, 6) is -0.568. The number of rotatable bonds is 1. The lowest BCUT2D eigenvalue weighted by Gasteiger charge is -2.23. The highest BCUT2D eigenvalue weighted by molar-refractivity contribution is 5.98. The zero-order chi connectivity index (χ0) is 13.5. The van der Waals surface area contributed by atoms with Crippen LogP contribution in [-0.4, -0.2) is 23.6 Å². The van der Waals surface area contributed by atoms with E-state index in [9.17, 15) is 9.59 Å². The van der Waals surface area contributed by atoms with Gasteiger partial charge in [-0.25, -0.2) is 4.79 Å². The van der Waals surface area contributed by atoms with Crippen LogP contribution in [0.4, 0.5) is 5.69 Å². The molecule has 1 saturated carbocycles. The fourth-order valence-corrected chi connectivity index (χ4v) is 2.84. The Hall–Kier alpha value is -2.04. The summed E-state index contributed by atoms with van der Waals surface area (Å²) in [6.07, 6.45) is 3.73. The lowest BCUT2D eigenvalue weighted by atomic mass is 9.86. The highest BCUT2D eigenvalue weighted by Gasteiger charge is 2.43. The van der Waals surface area contributed by atoms with Gasteiger partial charge in [-0.3, -0.25) is 4.79 Å². The quantitative estimate of drug-likeness (QED) is 0.813. The number of carbonyl (C=O) groups excluding carboxylic acids is 1. The van der Waals surface area contributed by atoms with Crippen LogP contribution < -0.4 is 10.1 Å². The van der Waals surface area contributed by atoms with Crippen molar-refractivity contribution < 1.29 is 19.4 Å². The normalized spacial score (nSPS) is 20.3. The van der Waals surface area contributed by atoms with Crippen molar-refractivity contribution in [3.05, 3.63) is 23.8 Å². The zero-order valence-corrected chi connectivity index (χ0v) is 10.4. The number of carbonyl (C=O) groups is 2. The van der Waals surface area contributed by atoms with E-state index in [-0.39, 0.29) is 11.5 Å². The number of fused-ring (bicyclic) bond motifs is 1. The monoisotopic (exact) mass is 261 g/mol. The number of ether oxygens (including phenoxy) is 1. The van der Waals surface area contributed by atoms with E-state index < -0.39 is 11.4 Å². The Morgan fingerprint density at radius 1 is 1.32 bits per heavy atom. The van der Waals surface area contributed by atoms with Crippen molar-refractivity contribution in [3.8, 4) is 5.75 Å². The molecule has 2 N–H and O–H groups in total. The average molecular weight is 261 g/mol. The Bertz CT molecular complexity index is 546. The molecule has 1 aliphatic heterocycles. The van der Waals surface area contributed by atoms with Gasteiger partial charge in [-0.1, -0.05) is 12.8 Å². The van der Waals surface area contributed by atoms with E-state index in [1.54, 1.807) is 6.07 Å². The second-order valence-corrected chi connectivity index (χ2v) is 5.25. The van der Waals surface area contributed by atoms with Gasteiger partial charge in [0.25, 0.3) is 0 Å². The molecular weight excluding hydrogens is 246 g/mol. The van der Waals surface area contributed by atoms with Crippen LogP contribution in [0.25, 0.3) is 0 Å². The minimum Gasteiger partial charge on any atom is -0.490 e. The van der Waals surface area contributed by atoms with E-state index in [2.05, 4.69) is 5.32 Å². The maximum atomic E-state index is 12.3. The number of amides is 1. The molecule has 19 heavy (non-hydrogen) atoms. The molecule has 0 bridgehead atoms. The Kier molecular flexibility index (Phi) is 2.69. The largest absolute Gasteiger partial charge is 0.490 e. The maximum absolute atomic E-state index is 12.3. The van der Waals surface area contributed by atoms with Crippen LogP contribution in [0.5, 0.6) is 5.75 Å². The van der Waals surface area contributed by atoms with Gasteiger partial charge in [0.2, 0.25) is 5.91 Å². The minimum absolute atomic E-state index is 0.00757. The average Bonchev–Trinajstić information content (AvgIpc) is 2.82. The van der Waals surface area contributed by atoms with Gasteiger partial charge in [-0.2, -0.15) is 0 Å². The highest BCUT2D eigenvalue weighted by Crippen LogP contribution is 2.43. The Morgan fingerprint density at radius 3 is 2.74 bits per heavy atom. The van der Waals surface area contributed by atoms with Crippen LogP contribution >= 0.6 is 0 Å². The number of hydrogen-bond acceptors (Lipinski definition) is 3. The van der Waals surface area contributed by atoms with Crippen LogP contribution in [0.3, 0.4) is 0 Å². The first-order valence-corrected chi connectivity index (χ1v) is 6.42. The number of hydrogen-bond donors (Lipinski definition) is 2. The van der Waals surface area contributed by atoms with E-state index in [0.29, 0.717) is 18.0 Å². The minimum atomic E-state index is -1.00. The number of carboxylic acid groups (broad SMARTS) is 1. The SMILES string of the molecule is O=C(O)c1ccc2c(c1)OCC1(CCCC1)C(=O)N2. The van der Waals surface area contributed by atoms with Gasteiger partial charge in [-0.05, 0) is 31.0 Å². The zero-order valence-electron chi connectivity index (χ0n) is 10.4. The molecule has 1 spiro atoms. The summed E-state index contributed by atoms with van der Waals surface area (Å²) in [7, 11) is 0. The predicted octanol–water partition coefficient (Wildman–Crippen LogP) is 2.28. The molecule has 0 radical (unpaired) electrons. The molecule has 5 nitrogen and oxygen atoms in total. The first-order valence-electron chi connectivity index (χ1n) is 6.42. The van der Waals surface area contributed by atoms with E-state index in [1.807, 2.05) is 0 Å². The highest BCUT2D eigenvalue weighted by atomic mass is 16.5. The molecule has 1 aromatic carbocycles. The molecular formula is C14H15NO4. The molecule has 1 aliphatic carbocycles. The van der Waals surface area contributed by atoms with Gasteiger partial charge in [0.15, 0.2) is 0 Å². The Balaban J connectivity index is 1.95. The second kappa shape index (κ2) is 4.26. The topological polar surface area (TPSA) is 75.6 Å². The van der Waals surface area contributed by atoms with Gasteiger partial charge >= 0.3 is 5.97 Å². The standard InChI is InChI=1S/C14H15NO4/c16-12(17)9-3-4-10-11(7-9)19-8-14(13(18)15-10)5-1-2-6-14/h3-4,7H,1-2,5-6,8H2,(H,15,18)(H,16,17). The van der Waals surface area contributed by atoms with E-state index in [1.165, 1.54) is 12.1 Å². The summed E-state index contributed by atoms with van der Waals surface area (Å²) in [6.45, 7) is 0.328. The van der Waals surface area contributed by atoms with Gasteiger partial charge in [0.05, 0.1) is 16.7 Å². The number of nitrogens with one attached hydrogen (secondary N) is 1. The lowest BCUT2D eigenvalue weighted by Crippen LogP contribution is -2.37. The lowest BCUT2D eigenvalue weighted by molar-refractivity contribution is -0.126. The third-order valence-corrected chi connectivity index (χ3v) is 4.02. The van der Waals surface area contributed by atoms with Crippen molar-refractivity contribution in [3.63, 3.8) is 0 Å². The van der Waals surface area contributed by atoms with Crippen molar-refractivity contribution in [1.82, 2.24) is 0 Å². The van der Waals surface area contributed by atoms with Crippen molar-refractivity contribution in [2.24, 2.45) is 5.41 Å². The fourth-order valence-electron chi connectivity index (χ4n) is 2.84. The van der Waals surface area contributed by atoms with Crippen molar-refractivity contribution in [2.45, 2.75) is 25.7 Å². The van der Waals surface area contributed by atoms with E-state index in [4.69, 9.17) is 9.84 Å². The second-order valence-electron chi connectivity index (χ2n) is 5.25. The third kappa shape index (κ3) is 1.95. The molecule has 1 aromatic rings. The van der Waals surface area contributed by atoms with Crippen LogP contribution in [0.15, 0.2) is 18.2 Å². The van der Waals surface area contributed by atoms with Crippen LogP contribution in [-0.2, 0) is 4.79 Å². The molecule has 0 aromatic heterocycles. The molecule has 5 heteroatoms. The maximum Gasteiger partial charge on any atom is 0.335 e. The van der Waals surface area contributed by atoms with Gasteiger partial charge in [0.1, 0.15) is 12.4 Å². The van der Waals surface area contributed by atoms with Gasteiger partial charge < -0.3 is 15.2 Å². The summed E-state index contributed by atoms with van der Waals surface area (Å²) in [5, 5.41) is 11.8. The molecule has 1 fully saturated rings. The molecule has 1 heterocycles. The molecule has 1 amide bonds. The van der Waals surface area contributed by atoms with Gasteiger partial charge in [-0.15, -0.1) is 0 Å². The number of anilines is 1. The van der Waals surface area contributed by atoms with Crippen molar-refractivity contribution >= 4 is 17.6 Å². The Morgan fingerprint density at radius 2 is 2.05 bits per heavy atom. The molecule has 0 atom stereocenters. The van der Waals surface area contributed by atoms with Crippen molar-refractivity contribution in [1.29, 1.82) is 0 Å². The summed E-state index contributed by atoms with van der Waals surface area (Å²) >= 11 is 0. The fraction of sp³-hybridized carbons (Fsp3) is 0.429. The predicted molar refractivity (Wildman–Crippen MR) is 68.4 cm³/mol. The van der Waals surface area contributed by atoms with E-state index >= 15 is 0 Å². The molecule has 2 aliphatic rings. The molecule has 100 valence electrons. The molecule has 0 unspecified atom stereocenters. The smallest absolute Gasteiger partial charge is 0.335 e. The first-order chi connectivity index (χ1) is 9.11. The summed E-state index contributed by atoms with van der Waals surface area (Å²) in [6, 6.07) is 4.52. The first kappa shape index (κ1) is 12.0. The van der Waals surface area contributed by atoms with E-state index in [0.717, 1.165) is 25.7 Å². The summed E-state index contributed by atoms with van der Waals surface area (Å²) in [4.78, 5) is 23.3. The number of carboxylic acids is 1. The van der Waals surface area contributed by atoms with Gasteiger partial charge in [0, 0.05) is 0 Å². The Labute approximate surface area is 110 Å². The van der Waals surface area contributed by atoms with Crippen molar-refractivity contribution in [2.75, 3.05) is 11.9 Å². The summed E-state index contributed by atoms with van der Waals surface area (Å²) < 4.78 is 5.70. The molecule has 0 saturated heterocycles. The van der Waals surface area contributed by atoms with Crippen LogP contribution in [0.1, 0.15) is 36.0 Å². The number of benzene rings is 1. The number of aromatic carboxylic acids is 1. The third-order valence-electron chi connectivity index (χ3n) is 4.02. The van der Waals surface area contributed by atoms with Crippen LogP contribution in [0, 0.1) is 5.41 Å². The van der Waals surface area contributed by atoms with Crippen LogP contribution in [0.2, 0.25) is 0 Å².